The highest BCUT2D eigenvalue weighted by atomic mass is 16.1. The van der Waals surface area contributed by atoms with Gasteiger partial charge in [0.2, 0.25) is 6.41 Å². The first-order valence-electron chi connectivity index (χ1n) is 5.34. The normalized spacial score (nSPS) is 22.6. The van der Waals surface area contributed by atoms with Gasteiger partial charge in [-0.1, -0.05) is 12.8 Å². The molecule has 1 heterocycles. The van der Waals surface area contributed by atoms with Crippen molar-refractivity contribution in [3.63, 3.8) is 0 Å². The van der Waals surface area contributed by atoms with Gasteiger partial charge in [0.15, 0.2) is 0 Å². The maximum Gasteiger partial charge on any atom is 0.207 e. The average Bonchev–Trinajstić information content (AvgIpc) is 2.19. The van der Waals surface area contributed by atoms with Crippen LogP contribution in [-0.2, 0) is 4.79 Å². The van der Waals surface area contributed by atoms with E-state index >= 15 is 0 Å². The molecule has 1 aliphatic rings. The minimum Gasteiger partial charge on any atom is -0.359 e. The van der Waals surface area contributed by atoms with Gasteiger partial charge in [-0.15, -0.1) is 0 Å². The fraction of sp³-hybridized carbons (Fsp3) is 0.900. The molecule has 1 unspecified atom stereocenters. The van der Waals surface area contributed by atoms with Crippen molar-refractivity contribution in [3.05, 3.63) is 0 Å². The molecule has 0 aliphatic carbocycles. The zero-order valence-corrected chi connectivity index (χ0v) is 8.22. The summed E-state index contributed by atoms with van der Waals surface area (Å²) >= 11 is 0. The predicted molar refractivity (Wildman–Crippen MR) is 53.6 cm³/mol. The summed E-state index contributed by atoms with van der Waals surface area (Å²) in [7, 11) is 0. The molecule has 3 heteroatoms. The molecule has 0 aromatic heterocycles. The van der Waals surface area contributed by atoms with E-state index in [1.807, 2.05) is 0 Å². The van der Waals surface area contributed by atoms with Crippen LogP contribution in [0.5, 0.6) is 0 Å². The van der Waals surface area contributed by atoms with Crippen LogP contribution in [0.25, 0.3) is 0 Å². The Bertz CT molecular complexity index is 133. The van der Waals surface area contributed by atoms with Crippen molar-refractivity contribution in [2.24, 2.45) is 0 Å². The maximum absolute atomic E-state index is 9.95. The third kappa shape index (κ3) is 4.88. The lowest BCUT2D eigenvalue weighted by Gasteiger charge is -2.23. The quantitative estimate of drug-likeness (QED) is 0.478. The number of carbonyl (C=O) groups excluding carboxylic acids is 1. The van der Waals surface area contributed by atoms with Crippen molar-refractivity contribution < 1.29 is 4.79 Å². The second-order valence-electron chi connectivity index (χ2n) is 3.71. The van der Waals surface area contributed by atoms with Gasteiger partial charge in [0.1, 0.15) is 0 Å². The number of rotatable bonds is 6. The first-order chi connectivity index (χ1) is 6.43. The van der Waals surface area contributed by atoms with E-state index in [0.717, 1.165) is 25.4 Å². The molecule has 1 saturated heterocycles. The van der Waals surface area contributed by atoms with Crippen molar-refractivity contribution in [2.75, 3.05) is 13.1 Å². The Balaban J connectivity index is 1.89. The zero-order valence-electron chi connectivity index (χ0n) is 8.22. The van der Waals surface area contributed by atoms with Crippen LogP contribution in [0.3, 0.4) is 0 Å². The van der Waals surface area contributed by atoms with Crippen LogP contribution in [0.4, 0.5) is 0 Å². The third-order valence-corrected chi connectivity index (χ3v) is 2.62. The Labute approximate surface area is 80.3 Å². The summed E-state index contributed by atoms with van der Waals surface area (Å²) in [5.41, 5.74) is 0. The van der Waals surface area contributed by atoms with Crippen LogP contribution >= 0.6 is 0 Å². The molecule has 0 aromatic rings. The predicted octanol–water partition coefficient (Wildman–Crippen LogP) is 1.04. The molecular weight excluding hydrogens is 164 g/mol. The molecule has 1 aliphatic heterocycles. The molecule has 13 heavy (non-hydrogen) atoms. The summed E-state index contributed by atoms with van der Waals surface area (Å²) in [6.07, 6.45) is 8.42. The Kier molecular flexibility index (Phi) is 5.57. The van der Waals surface area contributed by atoms with Crippen LogP contribution < -0.4 is 10.6 Å². The summed E-state index contributed by atoms with van der Waals surface area (Å²) in [6.45, 7) is 2.02. The Morgan fingerprint density at radius 2 is 2.31 bits per heavy atom. The van der Waals surface area contributed by atoms with Gasteiger partial charge >= 0.3 is 0 Å². The number of unbranched alkanes of at least 4 members (excludes halogenated alkanes) is 1. The SMILES string of the molecule is O=CNCCCCC1CCCCN1. The molecule has 76 valence electrons. The Morgan fingerprint density at radius 1 is 1.38 bits per heavy atom. The van der Waals surface area contributed by atoms with E-state index < -0.39 is 0 Å². The van der Waals surface area contributed by atoms with Gasteiger partial charge in [-0.3, -0.25) is 4.79 Å². The van der Waals surface area contributed by atoms with E-state index in [2.05, 4.69) is 10.6 Å². The van der Waals surface area contributed by atoms with Crippen LogP contribution in [0.1, 0.15) is 38.5 Å². The van der Waals surface area contributed by atoms with Gasteiger partial charge in [-0.05, 0) is 32.2 Å². The van der Waals surface area contributed by atoms with Crippen molar-refractivity contribution >= 4 is 6.41 Å². The van der Waals surface area contributed by atoms with E-state index in [1.165, 1.54) is 38.6 Å². The van der Waals surface area contributed by atoms with Crippen LogP contribution in [0, 0.1) is 0 Å². The van der Waals surface area contributed by atoms with E-state index in [4.69, 9.17) is 0 Å². The Hall–Kier alpha value is -0.570. The van der Waals surface area contributed by atoms with Gasteiger partial charge in [0.05, 0.1) is 0 Å². The molecule has 1 rings (SSSR count). The third-order valence-electron chi connectivity index (χ3n) is 2.62. The lowest BCUT2D eigenvalue weighted by atomic mass is 10.00. The molecule has 0 spiro atoms. The first-order valence-corrected chi connectivity index (χ1v) is 5.34. The lowest BCUT2D eigenvalue weighted by Crippen LogP contribution is -2.33. The topological polar surface area (TPSA) is 41.1 Å². The highest BCUT2D eigenvalue weighted by molar-refractivity contribution is 5.45. The molecule has 0 aromatic carbocycles. The number of hydrogen-bond acceptors (Lipinski definition) is 2. The summed E-state index contributed by atoms with van der Waals surface area (Å²) in [4.78, 5) is 9.95. The molecule has 0 saturated carbocycles. The van der Waals surface area contributed by atoms with Gasteiger partial charge in [0, 0.05) is 12.6 Å². The number of nitrogens with one attached hydrogen (secondary N) is 2. The summed E-state index contributed by atoms with van der Waals surface area (Å²) in [5.74, 6) is 0. The van der Waals surface area contributed by atoms with Crippen LogP contribution in [0.2, 0.25) is 0 Å². The zero-order chi connectivity index (χ0) is 9.36. The molecule has 0 radical (unpaired) electrons. The molecule has 0 bridgehead atoms. The minimum absolute atomic E-state index is 0.741. The molecular formula is C10H20N2O. The maximum atomic E-state index is 9.95. The van der Waals surface area contributed by atoms with E-state index in [9.17, 15) is 4.79 Å². The summed E-state index contributed by atoms with van der Waals surface area (Å²) in [6, 6.07) is 0.741. The lowest BCUT2D eigenvalue weighted by molar-refractivity contribution is -0.109. The monoisotopic (exact) mass is 184 g/mol. The van der Waals surface area contributed by atoms with Crippen LogP contribution in [-0.4, -0.2) is 25.5 Å². The van der Waals surface area contributed by atoms with E-state index in [-0.39, 0.29) is 0 Å². The van der Waals surface area contributed by atoms with Crippen molar-refractivity contribution in [2.45, 2.75) is 44.6 Å². The number of carbonyl (C=O) groups is 1. The van der Waals surface area contributed by atoms with Crippen molar-refractivity contribution in [1.29, 1.82) is 0 Å². The second kappa shape index (κ2) is 6.89. The molecule has 1 atom stereocenters. The average molecular weight is 184 g/mol. The molecule has 3 nitrogen and oxygen atoms in total. The van der Waals surface area contributed by atoms with Gasteiger partial charge in [-0.25, -0.2) is 0 Å². The smallest absolute Gasteiger partial charge is 0.207 e. The highest BCUT2D eigenvalue weighted by Crippen LogP contribution is 2.12. The largest absolute Gasteiger partial charge is 0.359 e. The fourth-order valence-electron chi connectivity index (χ4n) is 1.85. The van der Waals surface area contributed by atoms with Gasteiger partial charge in [0.25, 0.3) is 0 Å². The number of amides is 1. The van der Waals surface area contributed by atoms with Gasteiger partial charge in [-0.2, -0.15) is 0 Å². The molecule has 1 amide bonds. The van der Waals surface area contributed by atoms with Crippen molar-refractivity contribution in [3.8, 4) is 0 Å². The van der Waals surface area contributed by atoms with E-state index in [0.29, 0.717) is 0 Å². The fourth-order valence-corrected chi connectivity index (χ4v) is 1.85. The summed E-state index contributed by atoms with van der Waals surface area (Å²) < 4.78 is 0. The number of piperidine rings is 1. The first kappa shape index (κ1) is 10.5. The van der Waals surface area contributed by atoms with E-state index in [1.54, 1.807) is 0 Å². The molecule has 1 fully saturated rings. The summed E-state index contributed by atoms with van der Waals surface area (Å²) in [5, 5.41) is 6.21. The number of hydrogen-bond donors (Lipinski definition) is 2. The standard InChI is InChI=1S/C10H20N2O/c13-9-11-7-3-1-5-10-6-2-4-8-12-10/h9-10,12H,1-8H2,(H,11,13). The minimum atomic E-state index is 0.741. The second-order valence-corrected chi connectivity index (χ2v) is 3.71. The van der Waals surface area contributed by atoms with Gasteiger partial charge < -0.3 is 10.6 Å². The Morgan fingerprint density at radius 3 is 3.00 bits per heavy atom. The highest BCUT2D eigenvalue weighted by Gasteiger charge is 2.10. The molecule has 2 N–H and O–H groups in total. The van der Waals surface area contributed by atoms with Crippen molar-refractivity contribution in [1.82, 2.24) is 10.6 Å². The van der Waals surface area contributed by atoms with Crippen LogP contribution in [0.15, 0.2) is 0 Å².